The van der Waals surface area contributed by atoms with Crippen molar-refractivity contribution >= 4 is 29.1 Å². The molecule has 1 fully saturated rings. The molecule has 0 unspecified atom stereocenters. The first-order chi connectivity index (χ1) is 10.1. The van der Waals surface area contributed by atoms with Gasteiger partial charge in [0.1, 0.15) is 0 Å². The van der Waals surface area contributed by atoms with Gasteiger partial charge in [-0.25, -0.2) is 0 Å². The van der Waals surface area contributed by atoms with Gasteiger partial charge in [-0.05, 0) is 25.1 Å². The molecule has 0 N–H and O–H groups in total. The molecule has 21 heavy (non-hydrogen) atoms. The molecule has 1 atom stereocenters. The Kier molecular flexibility index (Phi) is 3.87. The van der Waals surface area contributed by atoms with E-state index >= 15 is 0 Å². The summed E-state index contributed by atoms with van der Waals surface area (Å²) in [7, 11) is 0. The van der Waals surface area contributed by atoms with Crippen LogP contribution in [0.15, 0.2) is 22.7 Å². The molecule has 1 amide bonds. The maximum Gasteiger partial charge on any atom is 0.232 e. The van der Waals surface area contributed by atoms with Gasteiger partial charge in [-0.15, -0.1) is 0 Å². The lowest BCUT2D eigenvalue weighted by atomic mass is 10.1. The van der Waals surface area contributed by atoms with Gasteiger partial charge in [0.15, 0.2) is 0 Å². The number of likely N-dealkylation sites (tertiary alicyclic amines) is 1. The van der Waals surface area contributed by atoms with E-state index in [1.807, 2.05) is 6.92 Å². The SMILES string of the molecule is CCN1C[C@@H](c2nc(-c3cc(Cl)cc(Cl)c3)no2)CC1=O. The van der Waals surface area contributed by atoms with E-state index in [9.17, 15) is 4.79 Å². The van der Waals surface area contributed by atoms with Crippen molar-refractivity contribution in [2.75, 3.05) is 13.1 Å². The fraction of sp³-hybridized carbons (Fsp3) is 0.357. The topological polar surface area (TPSA) is 59.2 Å². The van der Waals surface area contributed by atoms with Gasteiger partial charge in [0.2, 0.25) is 17.6 Å². The Balaban J connectivity index is 1.85. The average Bonchev–Trinajstić information content (AvgIpc) is 3.03. The van der Waals surface area contributed by atoms with Crippen molar-refractivity contribution in [2.45, 2.75) is 19.3 Å². The lowest BCUT2D eigenvalue weighted by Gasteiger charge is -2.11. The number of carbonyl (C=O) groups excluding carboxylic acids is 1. The van der Waals surface area contributed by atoms with E-state index in [1.54, 1.807) is 23.1 Å². The molecule has 1 saturated heterocycles. The van der Waals surface area contributed by atoms with Crippen LogP contribution in [0.4, 0.5) is 0 Å². The standard InChI is InChI=1S/C14H13Cl2N3O2/c1-2-19-7-9(5-12(19)20)14-17-13(18-21-14)8-3-10(15)6-11(16)4-8/h3-4,6,9H,2,5,7H2,1H3/t9-/m0/s1. The first-order valence-electron chi connectivity index (χ1n) is 6.64. The minimum atomic E-state index is -0.0478. The summed E-state index contributed by atoms with van der Waals surface area (Å²) in [6.45, 7) is 3.26. The molecule has 5 nitrogen and oxygen atoms in total. The van der Waals surface area contributed by atoms with Crippen LogP contribution in [-0.2, 0) is 4.79 Å². The Labute approximate surface area is 131 Å². The maximum absolute atomic E-state index is 11.8. The number of carbonyl (C=O) groups is 1. The molecule has 0 saturated carbocycles. The van der Waals surface area contributed by atoms with Gasteiger partial charge in [-0.1, -0.05) is 28.4 Å². The highest BCUT2D eigenvalue weighted by atomic mass is 35.5. The molecule has 7 heteroatoms. The minimum absolute atomic E-state index is 0.0478. The van der Waals surface area contributed by atoms with Gasteiger partial charge in [0.25, 0.3) is 0 Å². The fourth-order valence-electron chi connectivity index (χ4n) is 2.44. The van der Waals surface area contributed by atoms with Crippen LogP contribution in [0, 0.1) is 0 Å². The van der Waals surface area contributed by atoms with E-state index < -0.39 is 0 Å². The number of rotatable bonds is 3. The van der Waals surface area contributed by atoms with Crippen LogP contribution in [0.1, 0.15) is 25.2 Å². The molecule has 0 bridgehead atoms. The Hall–Kier alpha value is -1.59. The summed E-state index contributed by atoms with van der Waals surface area (Å²) < 4.78 is 5.30. The van der Waals surface area contributed by atoms with Crippen molar-refractivity contribution < 1.29 is 9.32 Å². The van der Waals surface area contributed by atoms with Crippen LogP contribution < -0.4 is 0 Å². The number of nitrogens with zero attached hydrogens (tertiary/aromatic N) is 3. The summed E-state index contributed by atoms with van der Waals surface area (Å²) in [6, 6.07) is 5.09. The highest BCUT2D eigenvalue weighted by Gasteiger charge is 2.33. The number of hydrogen-bond acceptors (Lipinski definition) is 4. The Morgan fingerprint density at radius 3 is 2.67 bits per heavy atom. The van der Waals surface area contributed by atoms with E-state index in [0.717, 1.165) is 0 Å². The monoisotopic (exact) mass is 325 g/mol. The quantitative estimate of drug-likeness (QED) is 0.867. The third-order valence-electron chi connectivity index (χ3n) is 3.51. The number of aromatic nitrogens is 2. The van der Waals surface area contributed by atoms with Gasteiger partial charge in [-0.2, -0.15) is 4.98 Å². The lowest BCUT2D eigenvalue weighted by Crippen LogP contribution is -2.24. The van der Waals surface area contributed by atoms with E-state index in [-0.39, 0.29) is 11.8 Å². The van der Waals surface area contributed by atoms with Crippen LogP contribution in [0.25, 0.3) is 11.4 Å². The number of amides is 1. The molecule has 1 aromatic carbocycles. The molecule has 1 aliphatic heterocycles. The van der Waals surface area contributed by atoms with Crippen molar-refractivity contribution in [2.24, 2.45) is 0 Å². The average molecular weight is 326 g/mol. The first-order valence-corrected chi connectivity index (χ1v) is 7.40. The molecule has 2 heterocycles. The summed E-state index contributed by atoms with van der Waals surface area (Å²) in [5.41, 5.74) is 0.694. The van der Waals surface area contributed by atoms with Crippen molar-refractivity contribution in [3.63, 3.8) is 0 Å². The Morgan fingerprint density at radius 2 is 2.05 bits per heavy atom. The Morgan fingerprint density at radius 1 is 1.33 bits per heavy atom. The maximum atomic E-state index is 11.8. The lowest BCUT2D eigenvalue weighted by molar-refractivity contribution is -0.127. The second-order valence-corrected chi connectivity index (χ2v) is 5.82. The van der Waals surface area contributed by atoms with E-state index in [4.69, 9.17) is 27.7 Å². The summed E-state index contributed by atoms with van der Waals surface area (Å²) in [5, 5.41) is 4.98. The van der Waals surface area contributed by atoms with Crippen LogP contribution in [0.2, 0.25) is 10.0 Å². The van der Waals surface area contributed by atoms with Crippen molar-refractivity contribution in [1.82, 2.24) is 15.0 Å². The van der Waals surface area contributed by atoms with E-state index in [2.05, 4.69) is 10.1 Å². The van der Waals surface area contributed by atoms with Gasteiger partial charge in [0, 0.05) is 35.1 Å². The molecule has 0 spiro atoms. The number of hydrogen-bond donors (Lipinski definition) is 0. The summed E-state index contributed by atoms with van der Waals surface area (Å²) >= 11 is 11.9. The molecule has 1 aromatic heterocycles. The molecular formula is C14H13Cl2N3O2. The second kappa shape index (κ2) is 5.66. The third-order valence-corrected chi connectivity index (χ3v) is 3.94. The molecule has 3 rings (SSSR count). The molecule has 0 aliphatic carbocycles. The van der Waals surface area contributed by atoms with Crippen LogP contribution >= 0.6 is 23.2 Å². The number of likely N-dealkylation sites (N-methyl/N-ethyl adjacent to an activating group) is 1. The first kappa shape index (κ1) is 14.4. The summed E-state index contributed by atoms with van der Waals surface area (Å²) in [6.07, 6.45) is 0.409. The van der Waals surface area contributed by atoms with Crippen LogP contribution in [0.3, 0.4) is 0 Å². The van der Waals surface area contributed by atoms with Gasteiger partial charge >= 0.3 is 0 Å². The van der Waals surface area contributed by atoms with Crippen molar-refractivity contribution in [3.8, 4) is 11.4 Å². The highest BCUT2D eigenvalue weighted by molar-refractivity contribution is 6.35. The normalized spacial score (nSPS) is 18.5. The van der Waals surface area contributed by atoms with Crippen molar-refractivity contribution in [1.29, 1.82) is 0 Å². The smallest absolute Gasteiger partial charge is 0.232 e. The minimum Gasteiger partial charge on any atom is -0.342 e. The molecule has 2 aromatic rings. The number of benzene rings is 1. The second-order valence-electron chi connectivity index (χ2n) is 4.95. The summed E-state index contributed by atoms with van der Waals surface area (Å²) in [4.78, 5) is 17.9. The fourth-order valence-corrected chi connectivity index (χ4v) is 2.97. The third kappa shape index (κ3) is 2.89. The largest absolute Gasteiger partial charge is 0.342 e. The number of halogens is 2. The van der Waals surface area contributed by atoms with Crippen molar-refractivity contribution in [3.05, 3.63) is 34.1 Å². The van der Waals surface area contributed by atoms with Crippen LogP contribution in [-0.4, -0.2) is 34.0 Å². The molecular weight excluding hydrogens is 313 g/mol. The predicted molar refractivity (Wildman–Crippen MR) is 79.4 cm³/mol. The van der Waals surface area contributed by atoms with Gasteiger partial charge in [-0.3, -0.25) is 4.79 Å². The van der Waals surface area contributed by atoms with Crippen LogP contribution in [0.5, 0.6) is 0 Å². The van der Waals surface area contributed by atoms with Gasteiger partial charge in [0.05, 0.1) is 5.92 Å². The predicted octanol–water partition coefficient (Wildman–Crippen LogP) is 3.38. The highest BCUT2D eigenvalue weighted by Crippen LogP contribution is 2.30. The van der Waals surface area contributed by atoms with E-state index in [0.29, 0.717) is 46.8 Å². The molecule has 110 valence electrons. The zero-order valence-corrected chi connectivity index (χ0v) is 12.9. The zero-order chi connectivity index (χ0) is 15.0. The van der Waals surface area contributed by atoms with E-state index in [1.165, 1.54) is 0 Å². The van der Waals surface area contributed by atoms with Gasteiger partial charge < -0.3 is 9.42 Å². The molecule has 0 radical (unpaired) electrons. The Bertz CT molecular complexity index is 666. The summed E-state index contributed by atoms with van der Waals surface area (Å²) in [5.74, 6) is 0.976. The molecule has 1 aliphatic rings. The zero-order valence-electron chi connectivity index (χ0n) is 11.3.